The molecule has 0 aliphatic carbocycles. The maximum Gasteiger partial charge on any atom is 0.242 e. The molecule has 0 radical (unpaired) electrons. The highest BCUT2D eigenvalue weighted by molar-refractivity contribution is 6.32. The van der Waals surface area contributed by atoms with Gasteiger partial charge >= 0.3 is 0 Å². The highest BCUT2D eigenvalue weighted by Gasteiger charge is 2.12. The van der Waals surface area contributed by atoms with E-state index in [1.165, 1.54) is 0 Å². The Morgan fingerprint density at radius 2 is 1.94 bits per heavy atom. The first kappa shape index (κ1) is 11.7. The number of nitrogens with one attached hydrogen (secondary N) is 1. The first-order valence-electron chi connectivity index (χ1n) is 5.25. The SMILES string of the molecule is CC(Cl)C(=O)Nc1cccc2cccc(O)c12. The molecule has 0 saturated heterocycles. The Morgan fingerprint density at radius 3 is 2.59 bits per heavy atom. The monoisotopic (exact) mass is 249 g/mol. The summed E-state index contributed by atoms with van der Waals surface area (Å²) in [7, 11) is 0. The third-order valence-electron chi connectivity index (χ3n) is 2.50. The number of hydrogen-bond acceptors (Lipinski definition) is 2. The highest BCUT2D eigenvalue weighted by atomic mass is 35.5. The van der Waals surface area contributed by atoms with E-state index in [-0.39, 0.29) is 11.7 Å². The van der Waals surface area contributed by atoms with Crippen LogP contribution in [0.1, 0.15) is 6.92 Å². The van der Waals surface area contributed by atoms with Crippen LogP contribution in [0, 0.1) is 0 Å². The molecule has 0 heterocycles. The summed E-state index contributed by atoms with van der Waals surface area (Å²) < 4.78 is 0. The van der Waals surface area contributed by atoms with Crippen LogP contribution in [0.3, 0.4) is 0 Å². The van der Waals surface area contributed by atoms with Crippen LogP contribution in [0.25, 0.3) is 10.8 Å². The summed E-state index contributed by atoms with van der Waals surface area (Å²) >= 11 is 5.69. The van der Waals surface area contributed by atoms with Crippen LogP contribution >= 0.6 is 11.6 Å². The van der Waals surface area contributed by atoms with E-state index in [1.54, 1.807) is 25.1 Å². The summed E-state index contributed by atoms with van der Waals surface area (Å²) in [5.41, 5.74) is 0.568. The van der Waals surface area contributed by atoms with Gasteiger partial charge in [0, 0.05) is 5.39 Å². The van der Waals surface area contributed by atoms with Gasteiger partial charge in [0.25, 0.3) is 0 Å². The van der Waals surface area contributed by atoms with Crippen LogP contribution in [-0.4, -0.2) is 16.4 Å². The Morgan fingerprint density at radius 1 is 1.29 bits per heavy atom. The minimum atomic E-state index is -0.615. The van der Waals surface area contributed by atoms with E-state index in [2.05, 4.69) is 5.32 Å². The molecule has 2 rings (SSSR count). The summed E-state index contributed by atoms with van der Waals surface area (Å²) in [4.78, 5) is 11.5. The molecule has 88 valence electrons. The van der Waals surface area contributed by atoms with Crippen LogP contribution in [0.15, 0.2) is 36.4 Å². The fourth-order valence-electron chi connectivity index (χ4n) is 1.66. The Bertz CT molecular complexity index is 561. The van der Waals surface area contributed by atoms with Crippen LogP contribution < -0.4 is 5.32 Å². The number of carbonyl (C=O) groups is 1. The first-order chi connectivity index (χ1) is 8.09. The second-order valence-electron chi connectivity index (χ2n) is 3.79. The standard InChI is InChI=1S/C13H12ClNO2/c1-8(14)13(17)15-10-6-2-4-9-5-3-7-11(16)12(9)10/h2-8,16H,1H3,(H,15,17). The average Bonchev–Trinajstić information content (AvgIpc) is 2.29. The number of amides is 1. The summed E-state index contributed by atoms with van der Waals surface area (Å²) in [6.45, 7) is 1.60. The van der Waals surface area contributed by atoms with Crippen molar-refractivity contribution >= 4 is 34.0 Å². The van der Waals surface area contributed by atoms with Gasteiger partial charge in [0.05, 0.1) is 5.69 Å². The number of hydrogen-bond donors (Lipinski definition) is 2. The molecule has 1 amide bonds. The van der Waals surface area contributed by atoms with E-state index in [1.807, 2.05) is 18.2 Å². The number of anilines is 1. The maximum absolute atomic E-state index is 11.5. The van der Waals surface area contributed by atoms with E-state index in [0.717, 1.165) is 5.39 Å². The zero-order valence-corrected chi connectivity index (χ0v) is 10.0. The van der Waals surface area contributed by atoms with Gasteiger partial charge in [-0.15, -0.1) is 11.6 Å². The molecule has 0 bridgehead atoms. The predicted molar refractivity (Wildman–Crippen MR) is 69.6 cm³/mol. The molecule has 0 saturated carbocycles. The van der Waals surface area contributed by atoms with Crippen molar-refractivity contribution in [3.05, 3.63) is 36.4 Å². The number of phenolic OH excluding ortho intramolecular Hbond substituents is 1. The number of aromatic hydroxyl groups is 1. The van der Waals surface area contributed by atoms with E-state index >= 15 is 0 Å². The summed E-state index contributed by atoms with van der Waals surface area (Å²) in [5, 5.41) is 13.4. The van der Waals surface area contributed by atoms with E-state index < -0.39 is 5.38 Å². The normalized spacial score (nSPS) is 12.4. The fraction of sp³-hybridized carbons (Fsp3) is 0.154. The van der Waals surface area contributed by atoms with Crippen LogP contribution in [0.4, 0.5) is 5.69 Å². The van der Waals surface area contributed by atoms with Crippen molar-refractivity contribution in [2.45, 2.75) is 12.3 Å². The van der Waals surface area contributed by atoms with Crippen molar-refractivity contribution in [1.29, 1.82) is 0 Å². The van der Waals surface area contributed by atoms with Gasteiger partial charge in [0.1, 0.15) is 11.1 Å². The number of fused-ring (bicyclic) bond motifs is 1. The molecule has 1 unspecified atom stereocenters. The summed E-state index contributed by atoms with van der Waals surface area (Å²) in [6.07, 6.45) is 0. The number of halogens is 1. The summed E-state index contributed by atoms with van der Waals surface area (Å²) in [5.74, 6) is -0.150. The van der Waals surface area contributed by atoms with Crippen molar-refractivity contribution in [2.24, 2.45) is 0 Å². The number of phenols is 1. The zero-order valence-electron chi connectivity index (χ0n) is 9.27. The molecule has 0 fully saturated rings. The largest absolute Gasteiger partial charge is 0.507 e. The molecule has 0 spiro atoms. The molecule has 0 aromatic heterocycles. The third kappa shape index (κ3) is 2.34. The number of benzene rings is 2. The second-order valence-corrected chi connectivity index (χ2v) is 4.44. The minimum absolute atomic E-state index is 0.139. The van der Waals surface area contributed by atoms with Gasteiger partial charge in [-0.1, -0.05) is 24.3 Å². The second kappa shape index (κ2) is 4.63. The van der Waals surface area contributed by atoms with Crippen molar-refractivity contribution in [2.75, 3.05) is 5.32 Å². The van der Waals surface area contributed by atoms with Gasteiger partial charge in [0.2, 0.25) is 5.91 Å². The molecule has 0 aliphatic rings. The van der Waals surface area contributed by atoms with E-state index in [4.69, 9.17) is 11.6 Å². The molecule has 1 atom stereocenters. The van der Waals surface area contributed by atoms with Gasteiger partial charge in [-0.2, -0.15) is 0 Å². The lowest BCUT2D eigenvalue weighted by Gasteiger charge is -2.10. The van der Waals surface area contributed by atoms with E-state index in [9.17, 15) is 9.90 Å². The molecular weight excluding hydrogens is 238 g/mol. The number of alkyl halides is 1. The van der Waals surface area contributed by atoms with Crippen LogP contribution in [0.5, 0.6) is 5.75 Å². The van der Waals surface area contributed by atoms with Gasteiger partial charge in [-0.3, -0.25) is 4.79 Å². The van der Waals surface area contributed by atoms with Gasteiger partial charge < -0.3 is 10.4 Å². The lowest BCUT2D eigenvalue weighted by Crippen LogP contribution is -2.20. The Labute approximate surface area is 104 Å². The molecule has 3 nitrogen and oxygen atoms in total. The molecule has 2 aromatic rings. The maximum atomic E-state index is 11.5. The minimum Gasteiger partial charge on any atom is -0.507 e. The van der Waals surface area contributed by atoms with Gasteiger partial charge in [-0.05, 0) is 24.4 Å². The third-order valence-corrected chi connectivity index (χ3v) is 2.70. The Balaban J connectivity index is 2.51. The first-order valence-corrected chi connectivity index (χ1v) is 5.69. The fourth-order valence-corrected chi connectivity index (χ4v) is 1.71. The lowest BCUT2D eigenvalue weighted by atomic mass is 10.1. The Hall–Kier alpha value is -1.74. The number of carbonyl (C=O) groups excluding carboxylic acids is 1. The molecule has 2 N–H and O–H groups in total. The van der Waals surface area contributed by atoms with Crippen molar-refractivity contribution in [1.82, 2.24) is 0 Å². The Kier molecular flexibility index (Phi) is 3.20. The lowest BCUT2D eigenvalue weighted by molar-refractivity contribution is -0.115. The quantitative estimate of drug-likeness (QED) is 0.804. The van der Waals surface area contributed by atoms with Crippen molar-refractivity contribution < 1.29 is 9.90 Å². The highest BCUT2D eigenvalue weighted by Crippen LogP contribution is 2.31. The van der Waals surface area contributed by atoms with Crippen molar-refractivity contribution in [3.63, 3.8) is 0 Å². The van der Waals surface area contributed by atoms with E-state index in [0.29, 0.717) is 11.1 Å². The number of rotatable bonds is 2. The topological polar surface area (TPSA) is 49.3 Å². The smallest absolute Gasteiger partial charge is 0.242 e. The molecule has 4 heteroatoms. The van der Waals surface area contributed by atoms with Crippen molar-refractivity contribution in [3.8, 4) is 5.75 Å². The molecular formula is C13H12ClNO2. The van der Waals surface area contributed by atoms with Crippen LogP contribution in [-0.2, 0) is 4.79 Å². The zero-order chi connectivity index (χ0) is 12.4. The molecule has 0 aliphatic heterocycles. The molecule has 2 aromatic carbocycles. The van der Waals surface area contributed by atoms with Crippen LogP contribution in [0.2, 0.25) is 0 Å². The molecule has 17 heavy (non-hydrogen) atoms. The summed E-state index contributed by atoms with van der Waals surface area (Å²) in [6, 6.07) is 10.6. The average molecular weight is 250 g/mol. The predicted octanol–water partition coefficient (Wildman–Crippen LogP) is 3.11. The van der Waals surface area contributed by atoms with Gasteiger partial charge in [0.15, 0.2) is 0 Å². The van der Waals surface area contributed by atoms with Gasteiger partial charge in [-0.25, -0.2) is 0 Å².